The summed E-state index contributed by atoms with van der Waals surface area (Å²) in [6.07, 6.45) is 9.04. The Morgan fingerprint density at radius 3 is 2.78 bits per heavy atom. The summed E-state index contributed by atoms with van der Waals surface area (Å²) in [4.78, 5) is 28.8. The maximum absolute atomic E-state index is 14.5. The smallest absolute Gasteiger partial charge is 0.318 e. The largest absolute Gasteiger partial charge is 0.462 e. The highest BCUT2D eigenvalue weighted by molar-refractivity contribution is 5.87. The number of hydrogen-bond donors (Lipinski definition) is 0. The Bertz CT molecular complexity index is 1370. The summed E-state index contributed by atoms with van der Waals surface area (Å²) >= 11 is 0. The van der Waals surface area contributed by atoms with E-state index in [1.54, 1.807) is 11.0 Å². The van der Waals surface area contributed by atoms with E-state index in [4.69, 9.17) is 14.7 Å². The summed E-state index contributed by atoms with van der Waals surface area (Å²) in [6.45, 7) is 6.92. The fraction of sp³-hybridized carbons (Fsp3) is 0.562. The van der Waals surface area contributed by atoms with E-state index in [-0.39, 0.29) is 29.6 Å². The minimum absolute atomic E-state index is 0.0424. The molecule has 0 saturated carbocycles. The number of halogens is 1. The highest BCUT2D eigenvalue weighted by atomic mass is 19.1. The average Bonchev–Trinajstić information content (AvgIpc) is 3.39. The zero-order valence-electron chi connectivity index (χ0n) is 23.9. The van der Waals surface area contributed by atoms with E-state index in [9.17, 15) is 14.4 Å². The maximum atomic E-state index is 14.5. The Morgan fingerprint density at radius 2 is 2.02 bits per heavy atom. The van der Waals surface area contributed by atoms with Crippen LogP contribution < -0.4 is 9.64 Å². The normalized spacial score (nSPS) is 25.9. The van der Waals surface area contributed by atoms with Gasteiger partial charge in [-0.05, 0) is 93.6 Å². The number of nitriles is 1. The first-order chi connectivity index (χ1) is 19.9. The summed E-state index contributed by atoms with van der Waals surface area (Å²) in [5.41, 5.74) is 4.20. The first kappa shape index (κ1) is 27.6. The van der Waals surface area contributed by atoms with Crippen molar-refractivity contribution < 1.29 is 13.9 Å². The molecule has 216 valence electrons. The van der Waals surface area contributed by atoms with Gasteiger partial charge in [0.1, 0.15) is 18.2 Å². The van der Waals surface area contributed by atoms with Crippen molar-refractivity contribution in [2.45, 2.75) is 69.9 Å². The van der Waals surface area contributed by atoms with Crippen LogP contribution >= 0.6 is 0 Å². The zero-order chi connectivity index (χ0) is 28.6. The number of piperazine rings is 1. The quantitative estimate of drug-likeness (QED) is 0.498. The monoisotopic (exact) mass is 558 g/mol. The number of fused-ring (bicyclic) bond motifs is 2. The van der Waals surface area contributed by atoms with Gasteiger partial charge < -0.3 is 19.4 Å². The number of likely N-dealkylation sites (tertiary alicyclic amines) is 1. The zero-order valence-corrected chi connectivity index (χ0v) is 23.9. The van der Waals surface area contributed by atoms with Crippen molar-refractivity contribution in [3.63, 3.8) is 0 Å². The molecule has 2 aliphatic carbocycles. The average molecular weight is 559 g/mol. The van der Waals surface area contributed by atoms with Crippen LogP contribution in [0.25, 0.3) is 0 Å². The van der Waals surface area contributed by atoms with E-state index in [0.29, 0.717) is 38.3 Å². The minimum Gasteiger partial charge on any atom is -0.462 e. The van der Waals surface area contributed by atoms with E-state index >= 15 is 0 Å². The van der Waals surface area contributed by atoms with E-state index in [0.717, 1.165) is 79.7 Å². The van der Waals surface area contributed by atoms with Gasteiger partial charge in [0.25, 0.3) is 0 Å². The van der Waals surface area contributed by atoms with Crippen molar-refractivity contribution in [3.8, 4) is 12.1 Å². The SMILES string of the molecule is C=CC(=O)N1CCN(c2nc(OC[C@@H]3CCCN3C)nc3c2CC[C@@]2(CCc4c(F)cccc4C2)C3)C[C@@H]1CC#N. The Morgan fingerprint density at radius 1 is 1.20 bits per heavy atom. The van der Waals surface area contributed by atoms with Crippen molar-refractivity contribution in [1.29, 1.82) is 5.26 Å². The molecule has 2 saturated heterocycles. The molecular weight excluding hydrogens is 519 g/mol. The molecule has 3 atom stereocenters. The van der Waals surface area contributed by atoms with Gasteiger partial charge >= 0.3 is 6.01 Å². The van der Waals surface area contributed by atoms with Gasteiger partial charge in [-0.25, -0.2) is 4.39 Å². The summed E-state index contributed by atoms with van der Waals surface area (Å²) in [5.74, 6) is 0.637. The number of hydrogen-bond acceptors (Lipinski definition) is 7. The van der Waals surface area contributed by atoms with Crippen LogP contribution in [-0.4, -0.2) is 77.6 Å². The van der Waals surface area contributed by atoms with Crippen molar-refractivity contribution in [3.05, 3.63) is 59.1 Å². The second-order valence-electron chi connectivity index (χ2n) is 12.3. The first-order valence-corrected chi connectivity index (χ1v) is 14.9. The third-order valence-corrected chi connectivity index (χ3v) is 9.83. The lowest BCUT2D eigenvalue weighted by molar-refractivity contribution is -0.128. The Balaban J connectivity index is 1.31. The standard InChI is InChI=1S/C32H39FN6O2/c1-3-29(40)39-17-16-38(20-23(39)11-14-34)30-26-10-13-32(12-9-25-22(18-32)6-4-8-27(25)33)19-28(26)35-31(36-30)41-21-24-7-5-15-37(24)2/h3-4,6,8,23-24H,1,5,7,9-13,15-21H2,2H3/t23-,24-,32+/m0/s1. The number of rotatable bonds is 6. The molecular formula is C32H39FN6O2. The number of likely N-dealkylation sites (N-methyl/N-ethyl adjacent to an activating group) is 1. The van der Waals surface area contributed by atoms with Crippen molar-refractivity contribution in [1.82, 2.24) is 19.8 Å². The molecule has 8 nitrogen and oxygen atoms in total. The third-order valence-electron chi connectivity index (χ3n) is 9.83. The number of benzene rings is 1. The highest BCUT2D eigenvalue weighted by Gasteiger charge is 2.41. The fourth-order valence-electron chi connectivity index (χ4n) is 7.45. The van der Waals surface area contributed by atoms with Crippen LogP contribution in [0.2, 0.25) is 0 Å². The van der Waals surface area contributed by atoms with Crippen LogP contribution in [0.5, 0.6) is 6.01 Å². The van der Waals surface area contributed by atoms with Gasteiger partial charge in [0, 0.05) is 31.2 Å². The van der Waals surface area contributed by atoms with Gasteiger partial charge in [0.2, 0.25) is 5.91 Å². The summed E-state index contributed by atoms with van der Waals surface area (Å²) < 4.78 is 20.8. The van der Waals surface area contributed by atoms with Crippen LogP contribution in [0.3, 0.4) is 0 Å². The number of carbonyl (C=O) groups excluding carboxylic acids is 1. The molecule has 1 aromatic carbocycles. The van der Waals surface area contributed by atoms with Gasteiger partial charge in [-0.1, -0.05) is 18.7 Å². The van der Waals surface area contributed by atoms with Crippen molar-refractivity contribution in [2.75, 3.05) is 44.7 Å². The molecule has 0 radical (unpaired) electrons. The predicted octanol–water partition coefficient (Wildman–Crippen LogP) is 3.87. The number of anilines is 1. The van der Waals surface area contributed by atoms with Crippen LogP contribution in [0.15, 0.2) is 30.9 Å². The van der Waals surface area contributed by atoms with Gasteiger partial charge in [0.15, 0.2) is 0 Å². The number of carbonyl (C=O) groups is 1. The molecule has 0 unspecified atom stereocenters. The number of amides is 1. The molecule has 1 amide bonds. The summed E-state index contributed by atoms with van der Waals surface area (Å²) in [7, 11) is 2.13. The lowest BCUT2D eigenvalue weighted by Crippen LogP contribution is -2.55. The number of aromatic nitrogens is 2. The second kappa shape index (κ2) is 11.4. The summed E-state index contributed by atoms with van der Waals surface area (Å²) in [5, 5.41) is 9.50. The minimum atomic E-state index is -0.235. The Kier molecular flexibility index (Phi) is 7.69. The van der Waals surface area contributed by atoms with E-state index in [2.05, 4.69) is 35.6 Å². The number of ether oxygens (including phenoxy) is 1. The molecule has 0 bridgehead atoms. The Labute approximate surface area is 241 Å². The van der Waals surface area contributed by atoms with Crippen LogP contribution in [0.1, 0.15) is 54.5 Å². The Hall–Kier alpha value is -3.51. The van der Waals surface area contributed by atoms with E-state index in [1.807, 2.05) is 6.07 Å². The van der Waals surface area contributed by atoms with Crippen molar-refractivity contribution in [2.24, 2.45) is 5.41 Å². The topological polar surface area (TPSA) is 85.6 Å². The van der Waals surface area contributed by atoms with Gasteiger partial charge in [-0.3, -0.25) is 4.79 Å². The molecule has 4 aliphatic rings. The van der Waals surface area contributed by atoms with E-state index in [1.165, 1.54) is 12.5 Å². The van der Waals surface area contributed by atoms with Gasteiger partial charge in [-0.2, -0.15) is 15.2 Å². The lowest BCUT2D eigenvalue weighted by atomic mass is 9.63. The molecule has 3 heterocycles. The molecule has 9 heteroatoms. The molecule has 6 rings (SSSR count). The van der Waals surface area contributed by atoms with Crippen LogP contribution in [-0.2, 0) is 30.5 Å². The molecule has 1 spiro atoms. The molecule has 2 aromatic rings. The summed E-state index contributed by atoms with van der Waals surface area (Å²) in [6, 6.07) is 8.24. The maximum Gasteiger partial charge on any atom is 0.318 e. The fourth-order valence-corrected chi connectivity index (χ4v) is 7.45. The van der Waals surface area contributed by atoms with E-state index < -0.39 is 0 Å². The number of nitrogens with zero attached hydrogens (tertiary/aromatic N) is 6. The van der Waals surface area contributed by atoms with Gasteiger partial charge in [0.05, 0.1) is 24.2 Å². The molecule has 2 fully saturated rings. The third kappa shape index (κ3) is 5.42. The molecule has 41 heavy (non-hydrogen) atoms. The highest BCUT2D eigenvalue weighted by Crippen LogP contribution is 2.47. The van der Waals surface area contributed by atoms with Crippen LogP contribution in [0.4, 0.5) is 10.2 Å². The molecule has 2 aliphatic heterocycles. The van der Waals surface area contributed by atoms with Gasteiger partial charge in [-0.15, -0.1) is 0 Å². The van der Waals surface area contributed by atoms with Crippen molar-refractivity contribution >= 4 is 11.7 Å². The van der Waals surface area contributed by atoms with Crippen LogP contribution in [0, 0.1) is 22.6 Å². The second-order valence-corrected chi connectivity index (χ2v) is 12.3. The lowest BCUT2D eigenvalue weighted by Gasteiger charge is -2.44. The molecule has 1 aromatic heterocycles. The first-order valence-electron chi connectivity index (χ1n) is 14.9. The molecule has 0 N–H and O–H groups in total. The predicted molar refractivity (Wildman–Crippen MR) is 154 cm³/mol.